The maximum absolute atomic E-state index is 5.49. The molecule has 0 radical (unpaired) electrons. The van der Waals surface area contributed by atoms with Crippen LogP contribution in [-0.2, 0) is 17.8 Å². The lowest BCUT2D eigenvalue weighted by Gasteiger charge is -2.30. The highest BCUT2D eigenvalue weighted by molar-refractivity contribution is 5.80. The SMILES string of the molecule is CCNC(=NCc1ccc(OC)c(OC)c1)NCc1ccccc1N1CCOCC1. The molecule has 3 rings (SSSR count). The number of ether oxygens (including phenoxy) is 3. The molecule has 30 heavy (non-hydrogen) atoms. The maximum Gasteiger partial charge on any atom is 0.191 e. The molecule has 7 heteroatoms. The summed E-state index contributed by atoms with van der Waals surface area (Å²) in [7, 11) is 3.28. The predicted molar refractivity (Wildman–Crippen MR) is 121 cm³/mol. The van der Waals surface area contributed by atoms with Gasteiger partial charge in [-0.15, -0.1) is 0 Å². The smallest absolute Gasteiger partial charge is 0.191 e. The van der Waals surface area contributed by atoms with Crippen molar-refractivity contribution in [2.75, 3.05) is 52.0 Å². The van der Waals surface area contributed by atoms with Crippen molar-refractivity contribution < 1.29 is 14.2 Å². The predicted octanol–water partition coefficient (Wildman–Crippen LogP) is 2.80. The number of nitrogens with one attached hydrogen (secondary N) is 2. The van der Waals surface area contributed by atoms with Crippen LogP contribution in [0.1, 0.15) is 18.1 Å². The van der Waals surface area contributed by atoms with E-state index in [0.717, 1.165) is 50.1 Å². The zero-order valence-corrected chi connectivity index (χ0v) is 18.1. The van der Waals surface area contributed by atoms with Crippen LogP contribution in [0.2, 0.25) is 0 Å². The minimum atomic E-state index is 0.542. The fraction of sp³-hybridized carbons (Fsp3) is 0.435. The lowest BCUT2D eigenvalue weighted by atomic mass is 10.1. The Balaban J connectivity index is 1.68. The van der Waals surface area contributed by atoms with E-state index >= 15 is 0 Å². The van der Waals surface area contributed by atoms with Gasteiger partial charge in [0, 0.05) is 31.9 Å². The molecule has 2 N–H and O–H groups in total. The summed E-state index contributed by atoms with van der Waals surface area (Å²) in [4.78, 5) is 7.12. The van der Waals surface area contributed by atoms with E-state index in [1.165, 1.54) is 11.3 Å². The molecule has 0 aliphatic carbocycles. The summed E-state index contributed by atoms with van der Waals surface area (Å²) >= 11 is 0. The Bertz CT molecular complexity index is 835. The number of para-hydroxylation sites is 1. The number of hydrogen-bond donors (Lipinski definition) is 2. The first-order chi connectivity index (χ1) is 14.7. The number of hydrogen-bond acceptors (Lipinski definition) is 5. The summed E-state index contributed by atoms with van der Waals surface area (Å²) in [5.41, 5.74) is 3.55. The molecule has 1 aliphatic heterocycles. The molecule has 1 heterocycles. The Hall–Kier alpha value is -2.93. The monoisotopic (exact) mass is 412 g/mol. The summed E-state index contributed by atoms with van der Waals surface area (Å²) in [5, 5.41) is 6.79. The summed E-state index contributed by atoms with van der Waals surface area (Å²) in [5.74, 6) is 2.21. The number of benzene rings is 2. The van der Waals surface area contributed by atoms with E-state index in [2.05, 4.69) is 46.7 Å². The van der Waals surface area contributed by atoms with Crippen molar-refractivity contribution in [2.45, 2.75) is 20.0 Å². The highest BCUT2D eigenvalue weighted by Crippen LogP contribution is 2.27. The van der Waals surface area contributed by atoms with Crippen molar-refractivity contribution in [1.29, 1.82) is 0 Å². The van der Waals surface area contributed by atoms with E-state index in [-0.39, 0.29) is 0 Å². The van der Waals surface area contributed by atoms with Crippen LogP contribution < -0.4 is 25.0 Å². The first-order valence-electron chi connectivity index (χ1n) is 10.4. The van der Waals surface area contributed by atoms with E-state index in [4.69, 9.17) is 19.2 Å². The molecule has 0 amide bonds. The van der Waals surface area contributed by atoms with Crippen LogP contribution >= 0.6 is 0 Å². The lowest BCUT2D eigenvalue weighted by molar-refractivity contribution is 0.122. The molecule has 0 atom stereocenters. The molecule has 0 aromatic heterocycles. The molecular formula is C23H32N4O3. The average Bonchev–Trinajstić information content (AvgIpc) is 2.81. The van der Waals surface area contributed by atoms with E-state index in [9.17, 15) is 0 Å². The second-order valence-corrected chi connectivity index (χ2v) is 6.97. The van der Waals surface area contributed by atoms with E-state index < -0.39 is 0 Å². The molecule has 1 aliphatic rings. The zero-order chi connectivity index (χ0) is 21.2. The first kappa shape index (κ1) is 21.8. The van der Waals surface area contributed by atoms with Gasteiger partial charge in [-0.1, -0.05) is 24.3 Å². The van der Waals surface area contributed by atoms with Gasteiger partial charge in [-0.2, -0.15) is 0 Å². The maximum atomic E-state index is 5.49. The minimum absolute atomic E-state index is 0.542. The standard InChI is InChI=1S/C23H32N4O3/c1-4-24-23(25-16-18-9-10-21(28-2)22(15-18)29-3)26-17-19-7-5-6-8-20(19)27-11-13-30-14-12-27/h5-10,15H,4,11-14,16-17H2,1-3H3,(H2,24,25,26). The van der Waals surface area contributed by atoms with Gasteiger partial charge in [0.15, 0.2) is 17.5 Å². The highest BCUT2D eigenvalue weighted by Gasteiger charge is 2.14. The van der Waals surface area contributed by atoms with Crippen molar-refractivity contribution >= 4 is 11.6 Å². The third kappa shape index (κ3) is 5.79. The van der Waals surface area contributed by atoms with Gasteiger partial charge < -0.3 is 29.7 Å². The van der Waals surface area contributed by atoms with E-state index in [0.29, 0.717) is 18.8 Å². The molecule has 0 spiro atoms. The molecule has 1 fully saturated rings. The zero-order valence-electron chi connectivity index (χ0n) is 18.1. The fourth-order valence-electron chi connectivity index (χ4n) is 3.44. The van der Waals surface area contributed by atoms with Gasteiger partial charge in [0.2, 0.25) is 0 Å². The van der Waals surface area contributed by atoms with Crippen LogP contribution in [0.3, 0.4) is 0 Å². The molecule has 7 nitrogen and oxygen atoms in total. The van der Waals surface area contributed by atoms with Crippen LogP contribution in [0.15, 0.2) is 47.5 Å². The molecule has 162 valence electrons. The van der Waals surface area contributed by atoms with Crippen molar-refractivity contribution in [3.63, 3.8) is 0 Å². The molecule has 0 bridgehead atoms. The van der Waals surface area contributed by atoms with Crippen molar-refractivity contribution in [3.05, 3.63) is 53.6 Å². The van der Waals surface area contributed by atoms with Gasteiger partial charge in [-0.3, -0.25) is 0 Å². The fourth-order valence-corrected chi connectivity index (χ4v) is 3.44. The van der Waals surface area contributed by atoms with Crippen molar-refractivity contribution in [3.8, 4) is 11.5 Å². The highest BCUT2D eigenvalue weighted by atomic mass is 16.5. The van der Waals surface area contributed by atoms with E-state index in [1.54, 1.807) is 14.2 Å². The van der Waals surface area contributed by atoms with Gasteiger partial charge in [0.05, 0.1) is 34.0 Å². The molecule has 0 saturated carbocycles. The molecule has 1 saturated heterocycles. The van der Waals surface area contributed by atoms with Crippen molar-refractivity contribution in [1.82, 2.24) is 10.6 Å². The van der Waals surface area contributed by atoms with Crippen LogP contribution in [0.5, 0.6) is 11.5 Å². The van der Waals surface area contributed by atoms with Gasteiger partial charge in [0.25, 0.3) is 0 Å². The lowest BCUT2D eigenvalue weighted by Crippen LogP contribution is -2.39. The van der Waals surface area contributed by atoms with Gasteiger partial charge >= 0.3 is 0 Å². The largest absolute Gasteiger partial charge is 0.493 e. The Morgan fingerprint density at radius 2 is 1.80 bits per heavy atom. The third-order valence-corrected chi connectivity index (χ3v) is 5.00. The summed E-state index contributed by atoms with van der Waals surface area (Å²) in [6.45, 7) is 7.49. The Labute approximate surface area is 179 Å². The second kappa shape index (κ2) is 11.3. The van der Waals surface area contributed by atoms with Crippen LogP contribution in [0, 0.1) is 0 Å². The topological polar surface area (TPSA) is 67.4 Å². The number of anilines is 1. The Morgan fingerprint density at radius 1 is 1.03 bits per heavy atom. The molecule has 0 unspecified atom stereocenters. The van der Waals surface area contributed by atoms with E-state index in [1.807, 2.05) is 18.2 Å². The Kier molecular flexibility index (Phi) is 8.20. The number of rotatable bonds is 8. The number of morpholine rings is 1. The number of guanidine groups is 1. The van der Waals surface area contributed by atoms with Gasteiger partial charge in [-0.05, 0) is 36.2 Å². The molecular weight excluding hydrogens is 380 g/mol. The second-order valence-electron chi connectivity index (χ2n) is 6.97. The number of aliphatic imine (C=N–C) groups is 1. The third-order valence-electron chi connectivity index (χ3n) is 5.00. The minimum Gasteiger partial charge on any atom is -0.493 e. The number of methoxy groups -OCH3 is 2. The summed E-state index contributed by atoms with van der Waals surface area (Å²) < 4.78 is 16.2. The van der Waals surface area contributed by atoms with Crippen molar-refractivity contribution in [2.24, 2.45) is 4.99 Å². The van der Waals surface area contributed by atoms with Crippen LogP contribution in [0.4, 0.5) is 5.69 Å². The average molecular weight is 413 g/mol. The quantitative estimate of drug-likeness (QED) is 0.513. The summed E-state index contributed by atoms with van der Waals surface area (Å²) in [6.07, 6.45) is 0. The molecule has 2 aromatic carbocycles. The Morgan fingerprint density at radius 3 is 2.53 bits per heavy atom. The normalized spacial score (nSPS) is 14.4. The van der Waals surface area contributed by atoms with Crippen LogP contribution in [-0.4, -0.2) is 53.0 Å². The van der Waals surface area contributed by atoms with Gasteiger partial charge in [-0.25, -0.2) is 4.99 Å². The number of nitrogens with zero attached hydrogens (tertiary/aromatic N) is 2. The van der Waals surface area contributed by atoms with Crippen LogP contribution in [0.25, 0.3) is 0 Å². The first-order valence-corrected chi connectivity index (χ1v) is 10.4. The van der Waals surface area contributed by atoms with Gasteiger partial charge in [0.1, 0.15) is 0 Å². The summed E-state index contributed by atoms with van der Waals surface area (Å²) in [6, 6.07) is 14.4. The molecule has 2 aromatic rings.